The number of nitrogen functional groups attached to an aromatic ring is 1. The van der Waals surface area contributed by atoms with Gasteiger partial charge in [-0.05, 0) is 40.2 Å². The highest BCUT2D eigenvalue weighted by Crippen LogP contribution is 2.36. The summed E-state index contributed by atoms with van der Waals surface area (Å²) in [5.41, 5.74) is 5.93. The molecule has 2 aromatic rings. The molecule has 0 unspecified atom stereocenters. The van der Waals surface area contributed by atoms with Gasteiger partial charge in [-0.1, -0.05) is 40.9 Å². The van der Waals surface area contributed by atoms with E-state index in [0.717, 1.165) is 0 Å². The molecule has 9 heteroatoms. The van der Waals surface area contributed by atoms with E-state index in [-0.39, 0.29) is 26.3 Å². The second-order valence-electron chi connectivity index (χ2n) is 3.98. The van der Waals surface area contributed by atoms with Gasteiger partial charge >= 0.3 is 0 Å². The molecular formula is C12H8BrCl3N2O2S. The quantitative estimate of drug-likeness (QED) is 0.688. The Balaban J connectivity index is 2.49. The third-order valence-electron chi connectivity index (χ3n) is 2.58. The van der Waals surface area contributed by atoms with E-state index in [1.807, 2.05) is 0 Å². The van der Waals surface area contributed by atoms with Gasteiger partial charge in [0.25, 0.3) is 10.0 Å². The molecule has 0 amide bonds. The summed E-state index contributed by atoms with van der Waals surface area (Å²) in [7, 11) is -3.93. The van der Waals surface area contributed by atoms with Gasteiger partial charge < -0.3 is 5.73 Å². The molecule has 0 saturated carbocycles. The minimum atomic E-state index is -3.93. The molecule has 2 rings (SSSR count). The predicted octanol–water partition coefficient (Wildman–Crippen LogP) is 4.79. The number of rotatable bonds is 3. The number of nitrogens with two attached hydrogens (primary N) is 1. The fourth-order valence-corrected chi connectivity index (χ4v) is 4.05. The van der Waals surface area contributed by atoms with E-state index in [1.54, 1.807) is 18.2 Å². The number of anilines is 2. The van der Waals surface area contributed by atoms with Crippen LogP contribution in [-0.4, -0.2) is 8.42 Å². The minimum absolute atomic E-state index is 0.00590. The van der Waals surface area contributed by atoms with Crippen LogP contribution in [0.1, 0.15) is 0 Å². The van der Waals surface area contributed by atoms with E-state index in [1.165, 1.54) is 12.1 Å². The highest BCUT2D eigenvalue weighted by molar-refractivity contribution is 9.10. The lowest BCUT2D eigenvalue weighted by Gasteiger charge is -2.13. The topological polar surface area (TPSA) is 72.2 Å². The van der Waals surface area contributed by atoms with E-state index in [2.05, 4.69) is 20.7 Å². The maximum atomic E-state index is 12.4. The molecule has 3 N–H and O–H groups in total. The summed E-state index contributed by atoms with van der Waals surface area (Å²) < 4.78 is 27.6. The number of benzene rings is 2. The van der Waals surface area contributed by atoms with Gasteiger partial charge in [0.15, 0.2) is 0 Å². The third-order valence-corrected chi connectivity index (χ3v) is 6.23. The van der Waals surface area contributed by atoms with Crippen molar-refractivity contribution in [2.24, 2.45) is 0 Å². The zero-order chi connectivity index (χ0) is 15.8. The van der Waals surface area contributed by atoms with E-state index in [4.69, 9.17) is 40.5 Å². The number of hydrogen-bond donors (Lipinski definition) is 2. The van der Waals surface area contributed by atoms with Crippen molar-refractivity contribution in [3.05, 3.63) is 49.9 Å². The molecule has 21 heavy (non-hydrogen) atoms. The first-order valence-corrected chi connectivity index (χ1v) is 8.85. The van der Waals surface area contributed by atoms with E-state index in [0.29, 0.717) is 9.50 Å². The van der Waals surface area contributed by atoms with Crippen molar-refractivity contribution in [3.63, 3.8) is 0 Å². The van der Waals surface area contributed by atoms with Gasteiger partial charge in [-0.3, -0.25) is 4.72 Å². The van der Waals surface area contributed by atoms with Crippen molar-refractivity contribution >= 4 is 72.1 Å². The maximum Gasteiger partial charge on any atom is 0.263 e. The predicted molar refractivity (Wildman–Crippen MR) is 90.8 cm³/mol. The molecule has 0 spiro atoms. The first kappa shape index (κ1) is 16.7. The van der Waals surface area contributed by atoms with Crippen LogP contribution in [0.5, 0.6) is 0 Å². The normalized spacial score (nSPS) is 11.4. The van der Waals surface area contributed by atoms with Crippen LogP contribution < -0.4 is 10.5 Å². The molecule has 0 fully saturated rings. The Bertz CT molecular complexity index is 812. The zero-order valence-corrected chi connectivity index (χ0v) is 14.9. The Morgan fingerprint density at radius 3 is 2.38 bits per heavy atom. The molecule has 0 radical (unpaired) electrons. The van der Waals surface area contributed by atoms with Crippen molar-refractivity contribution in [3.8, 4) is 0 Å². The summed E-state index contributed by atoms with van der Waals surface area (Å²) in [6, 6.07) is 7.44. The molecule has 0 bridgehead atoms. The molecule has 0 aromatic heterocycles. The van der Waals surface area contributed by atoms with Crippen molar-refractivity contribution in [1.29, 1.82) is 0 Å². The maximum absolute atomic E-state index is 12.4. The summed E-state index contributed by atoms with van der Waals surface area (Å²) in [6.45, 7) is 0. The van der Waals surface area contributed by atoms with Crippen LogP contribution in [0.15, 0.2) is 39.7 Å². The average Bonchev–Trinajstić information content (AvgIpc) is 2.41. The summed E-state index contributed by atoms with van der Waals surface area (Å²) in [4.78, 5) is -0.169. The Kier molecular flexibility index (Phi) is 4.95. The van der Waals surface area contributed by atoms with E-state index in [9.17, 15) is 8.42 Å². The van der Waals surface area contributed by atoms with Crippen LogP contribution in [0, 0.1) is 0 Å². The zero-order valence-electron chi connectivity index (χ0n) is 10.2. The molecule has 0 aliphatic carbocycles. The fraction of sp³-hybridized carbons (Fsp3) is 0. The second-order valence-corrected chi connectivity index (χ2v) is 7.62. The number of hydrogen-bond acceptors (Lipinski definition) is 3. The van der Waals surface area contributed by atoms with Crippen molar-refractivity contribution in [2.75, 3.05) is 10.5 Å². The summed E-state index contributed by atoms with van der Waals surface area (Å²) in [6.07, 6.45) is 0. The lowest BCUT2D eigenvalue weighted by atomic mass is 10.3. The van der Waals surface area contributed by atoms with Crippen LogP contribution in [0.3, 0.4) is 0 Å². The molecule has 0 aliphatic rings. The van der Waals surface area contributed by atoms with Gasteiger partial charge in [0, 0.05) is 0 Å². The molecule has 0 saturated heterocycles. The lowest BCUT2D eigenvalue weighted by Crippen LogP contribution is -2.14. The molecular weight excluding hydrogens is 422 g/mol. The molecule has 4 nitrogen and oxygen atoms in total. The average molecular weight is 431 g/mol. The van der Waals surface area contributed by atoms with E-state index >= 15 is 0 Å². The molecule has 0 aliphatic heterocycles. The summed E-state index contributed by atoms with van der Waals surface area (Å²) in [5.74, 6) is 0. The van der Waals surface area contributed by atoms with Crippen LogP contribution in [-0.2, 0) is 10.0 Å². The number of nitrogens with one attached hydrogen (secondary N) is 1. The largest absolute Gasteiger partial charge is 0.396 e. The van der Waals surface area contributed by atoms with E-state index < -0.39 is 10.0 Å². The third kappa shape index (κ3) is 3.40. The van der Waals surface area contributed by atoms with Gasteiger partial charge in [-0.25, -0.2) is 8.42 Å². The second kappa shape index (κ2) is 6.22. The lowest BCUT2D eigenvalue weighted by molar-refractivity contribution is 0.601. The highest BCUT2D eigenvalue weighted by Gasteiger charge is 2.22. The Morgan fingerprint density at radius 2 is 1.71 bits per heavy atom. The van der Waals surface area contributed by atoms with Gasteiger partial charge in [0.2, 0.25) is 0 Å². The van der Waals surface area contributed by atoms with Crippen LogP contribution >= 0.6 is 50.7 Å². The summed E-state index contributed by atoms with van der Waals surface area (Å²) in [5, 5.41) is 0.424. The summed E-state index contributed by atoms with van der Waals surface area (Å²) >= 11 is 20.9. The van der Waals surface area contributed by atoms with Crippen molar-refractivity contribution < 1.29 is 8.42 Å². The monoisotopic (exact) mass is 428 g/mol. The molecule has 112 valence electrons. The van der Waals surface area contributed by atoms with Gasteiger partial charge in [-0.15, -0.1) is 0 Å². The van der Waals surface area contributed by atoms with Crippen LogP contribution in [0.2, 0.25) is 15.1 Å². The SMILES string of the molecule is Nc1c(Cl)ccc(S(=O)(=O)Nc2cccc(Cl)c2Br)c1Cl. The Morgan fingerprint density at radius 1 is 1.05 bits per heavy atom. The van der Waals surface area contributed by atoms with Gasteiger partial charge in [0.05, 0.1) is 30.9 Å². The van der Waals surface area contributed by atoms with Crippen LogP contribution in [0.4, 0.5) is 11.4 Å². The number of halogens is 4. The molecule has 0 heterocycles. The Labute approximate surface area is 145 Å². The number of sulfonamides is 1. The highest BCUT2D eigenvalue weighted by atomic mass is 79.9. The Hall–Kier alpha value is -0.660. The van der Waals surface area contributed by atoms with Crippen molar-refractivity contribution in [2.45, 2.75) is 4.90 Å². The van der Waals surface area contributed by atoms with Gasteiger partial charge in [-0.2, -0.15) is 0 Å². The van der Waals surface area contributed by atoms with Crippen molar-refractivity contribution in [1.82, 2.24) is 0 Å². The molecule has 2 aromatic carbocycles. The van der Waals surface area contributed by atoms with Crippen LogP contribution in [0.25, 0.3) is 0 Å². The smallest absolute Gasteiger partial charge is 0.263 e. The minimum Gasteiger partial charge on any atom is -0.396 e. The first-order chi connectivity index (χ1) is 9.74. The molecule has 0 atom stereocenters. The standard InChI is InChI=1S/C12H8BrCl3N2O2S/c13-10-6(14)2-1-3-8(10)18-21(19,20)9-5-4-7(15)12(17)11(9)16/h1-5,18H,17H2. The van der Waals surface area contributed by atoms with Gasteiger partial charge in [0.1, 0.15) is 4.90 Å². The fourth-order valence-electron chi connectivity index (χ4n) is 1.54. The first-order valence-electron chi connectivity index (χ1n) is 5.44.